The number of hydrogen-bond donors (Lipinski definition) is 1. The Morgan fingerprint density at radius 2 is 2.17 bits per heavy atom. The number of hydrogen-bond acceptors (Lipinski definition) is 6. The first-order chi connectivity index (χ1) is 8.72. The van der Waals surface area contributed by atoms with Crippen LogP contribution in [0.2, 0.25) is 0 Å². The maximum Gasteiger partial charge on any atom is 0.349 e. The molecule has 0 saturated carbocycles. The van der Waals surface area contributed by atoms with E-state index < -0.39 is 5.97 Å². The quantitative estimate of drug-likeness (QED) is 0.857. The van der Waals surface area contributed by atoms with E-state index in [1.165, 1.54) is 24.6 Å². The topological polar surface area (TPSA) is 75.0 Å². The number of ether oxygens (including phenoxy) is 1. The van der Waals surface area contributed by atoms with Gasteiger partial charge in [0.1, 0.15) is 4.88 Å². The number of carbonyl (C=O) groups excluding carboxylic acids is 1. The lowest BCUT2D eigenvalue weighted by Gasteiger charge is -2.01. The van der Waals surface area contributed by atoms with Crippen LogP contribution in [0.3, 0.4) is 0 Å². The van der Waals surface area contributed by atoms with Crippen molar-refractivity contribution in [1.82, 2.24) is 4.98 Å². The van der Waals surface area contributed by atoms with E-state index in [2.05, 4.69) is 15.0 Å². The Labute approximate surface area is 108 Å². The van der Waals surface area contributed by atoms with Crippen LogP contribution >= 0.6 is 11.3 Å². The smallest absolute Gasteiger partial charge is 0.349 e. The number of benzene rings is 1. The van der Waals surface area contributed by atoms with Gasteiger partial charge in [-0.15, -0.1) is 0 Å². The number of nitrogens with one attached hydrogen (secondary N) is 1. The summed E-state index contributed by atoms with van der Waals surface area (Å²) < 4.78 is 4.60. The zero-order valence-electron chi connectivity index (χ0n) is 9.51. The van der Waals surface area contributed by atoms with Crippen LogP contribution < -0.4 is 5.32 Å². The largest absolute Gasteiger partial charge is 0.465 e. The molecule has 0 aliphatic carbocycles. The molecule has 90 valence electrons. The van der Waals surface area contributed by atoms with Gasteiger partial charge >= 0.3 is 5.97 Å². The normalized spacial score (nSPS) is 9.56. The molecule has 0 radical (unpaired) electrons. The van der Waals surface area contributed by atoms with Crippen LogP contribution in [0.4, 0.5) is 10.8 Å². The van der Waals surface area contributed by atoms with Gasteiger partial charge in [-0.05, 0) is 24.3 Å². The summed E-state index contributed by atoms with van der Waals surface area (Å²) in [6.07, 6.45) is 1.46. The Hall–Kier alpha value is -2.39. The number of methoxy groups -OCH3 is 1. The zero-order valence-corrected chi connectivity index (χ0v) is 10.3. The molecule has 2 aromatic rings. The summed E-state index contributed by atoms with van der Waals surface area (Å²) >= 11 is 1.21. The van der Waals surface area contributed by atoms with Crippen LogP contribution in [-0.4, -0.2) is 18.1 Å². The molecule has 1 N–H and O–H groups in total. The highest BCUT2D eigenvalue weighted by Crippen LogP contribution is 2.23. The van der Waals surface area contributed by atoms with Gasteiger partial charge in [0.05, 0.1) is 24.9 Å². The molecule has 0 unspecified atom stereocenters. The maximum absolute atomic E-state index is 11.2. The lowest BCUT2D eigenvalue weighted by atomic mass is 10.2. The second-order valence-electron chi connectivity index (χ2n) is 3.34. The van der Waals surface area contributed by atoms with E-state index in [0.29, 0.717) is 15.6 Å². The molecule has 1 aromatic carbocycles. The summed E-state index contributed by atoms with van der Waals surface area (Å²) in [5, 5.41) is 12.3. The molecule has 0 amide bonds. The minimum Gasteiger partial charge on any atom is -0.465 e. The molecular weight excluding hydrogens is 250 g/mol. The number of nitrogens with zero attached hydrogens (tertiary/aromatic N) is 2. The molecule has 2 rings (SSSR count). The molecule has 1 aromatic heterocycles. The molecule has 0 fully saturated rings. The first-order valence-electron chi connectivity index (χ1n) is 5.04. The minimum atomic E-state index is -0.402. The van der Waals surface area contributed by atoms with Gasteiger partial charge < -0.3 is 10.1 Å². The molecule has 0 aliphatic heterocycles. The van der Waals surface area contributed by atoms with Crippen molar-refractivity contribution in [3.8, 4) is 6.07 Å². The SMILES string of the molecule is COC(=O)c1cnc(Nc2ccc(C#N)cc2)s1. The van der Waals surface area contributed by atoms with Crippen molar-refractivity contribution in [2.75, 3.05) is 12.4 Å². The van der Waals surface area contributed by atoms with Crippen molar-refractivity contribution >= 4 is 28.1 Å². The third-order valence-electron chi connectivity index (χ3n) is 2.16. The van der Waals surface area contributed by atoms with Crippen molar-refractivity contribution in [3.63, 3.8) is 0 Å². The maximum atomic E-state index is 11.2. The third kappa shape index (κ3) is 2.64. The first kappa shape index (κ1) is 12.1. The van der Waals surface area contributed by atoms with Crippen LogP contribution in [0.1, 0.15) is 15.2 Å². The van der Waals surface area contributed by atoms with Crippen molar-refractivity contribution < 1.29 is 9.53 Å². The Balaban J connectivity index is 2.11. The van der Waals surface area contributed by atoms with Gasteiger partial charge in [0, 0.05) is 5.69 Å². The number of nitriles is 1. The van der Waals surface area contributed by atoms with Crippen molar-refractivity contribution in [2.45, 2.75) is 0 Å². The number of esters is 1. The number of rotatable bonds is 3. The summed E-state index contributed by atoms with van der Waals surface area (Å²) in [5.41, 5.74) is 1.40. The Bertz CT molecular complexity index is 599. The lowest BCUT2D eigenvalue weighted by molar-refractivity contribution is 0.0606. The average molecular weight is 259 g/mol. The van der Waals surface area contributed by atoms with Crippen molar-refractivity contribution in [2.24, 2.45) is 0 Å². The predicted octanol–water partition coefficient (Wildman–Crippen LogP) is 2.54. The van der Waals surface area contributed by atoms with Gasteiger partial charge in [-0.2, -0.15) is 5.26 Å². The molecule has 1 heterocycles. The second-order valence-corrected chi connectivity index (χ2v) is 4.37. The van der Waals surface area contributed by atoms with Gasteiger partial charge in [-0.1, -0.05) is 11.3 Å². The van der Waals surface area contributed by atoms with Crippen LogP contribution in [0.15, 0.2) is 30.5 Å². The van der Waals surface area contributed by atoms with Crippen LogP contribution in [0.5, 0.6) is 0 Å². The predicted molar refractivity (Wildman–Crippen MR) is 67.9 cm³/mol. The standard InChI is InChI=1S/C12H9N3O2S/c1-17-11(16)10-7-14-12(18-10)15-9-4-2-8(6-13)3-5-9/h2-5,7H,1H3,(H,14,15). The summed E-state index contributed by atoms with van der Waals surface area (Å²) in [6, 6.07) is 9.00. The molecule has 18 heavy (non-hydrogen) atoms. The van der Waals surface area contributed by atoms with Crippen molar-refractivity contribution in [3.05, 3.63) is 40.9 Å². The van der Waals surface area contributed by atoms with Crippen molar-refractivity contribution in [1.29, 1.82) is 5.26 Å². The van der Waals surface area contributed by atoms with E-state index in [4.69, 9.17) is 5.26 Å². The fourth-order valence-corrected chi connectivity index (χ4v) is 2.03. The summed E-state index contributed by atoms with van der Waals surface area (Å²) in [6.45, 7) is 0. The highest BCUT2D eigenvalue weighted by molar-refractivity contribution is 7.17. The number of carbonyl (C=O) groups is 1. The molecule has 0 atom stereocenters. The van der Waals surface area contributed by atoms with Crippen LogP contribution in [0, 0.1) is 11.3 Å². The monoisotopic (exact) mass is 259 g/mol. The molecule has 6 heteroatoms. The van der Waals surface area contributed by atoms with Gasteiger partial charge in [-0.3, -0.25) is 0 Å². The molecule has 0 spiro atoms. The number of aromatic nitrogens is 1. The van der Waals surface area contributed by atoms with Gasteiger partial charge in [-0.25, -0.2) is 9.78 Å². The van der Waals surface area contributed by atoms with E-state index in [1.807, 2.05) is 6.07 Å². The fraction of sp³-hybridized carbons (Fsp3) is 0.0833. The van der Waals surface area contributed by atoms with E-state index in [-0.39, 0.29) is 0 Å². The van der Waals surface area contributed by atoms with E-state index >= 15 is 0 Å². The average Bonchev–Trinajstić information content (AvgIpc) is 2.87. The Morgan fingerprint density at radius 3 is 2.78 bits per heavy atom. The van der Waals surface area contributed by atoms with E-state index in [0.717, 1.165) is 5.69 Å². The molecule has 0 bridgehead atoms. The molecule has 0 saturated heterocycles. The molecular formula is C12H9N3O2S. The van der Waals surface area contributed by atoms with E-state index in [9.17, 15) is 4.79 Å². The Morgan fingerprint density at radius 1 is 1.44 bits per heavy atom. The van der Waals surface area contributed by atoms with Crippen LogP contribution in [0.25, 0.3) is 0 Å². The molecule has 0 aliphatic rings. The van der Waals surface area contributed by atoms with Gasteiger partial charge in [0.2, 0.25) is 0 Å². The zero-order chi connectivity index (χ0) is 13.0. The second kappa shape index (κ2) is 5.29. The molecule has 5 nitrogen and oxygen atoms in total. The van der Waals surface area contributed by atoms with E-state index in [1.54, 1.807) is 24.3 Å². The van der Waals surface area contributed by atoms with Gasteiger partial charge in [0.15, 0.2) is 5.13 Å². The van der Waals surface area contributed by atoms with Crippen LogP contribution in [-0.2, 0) is 4.74 Å². The highest BCUT2D eigenvalue weighted by Gasteiger charge is 2.10. The summed E-state index contributed by atoms with van der Waals surface area (Å²) in [7, 11) is 1.33. The summed E-state index contributed by atoms with van der Waals surface area (Å²) in [5.74, 6) is -0.402. The summed E-state index contributed by atoms with van der Waals surface area (Å²) in [4.78, 5) is 15.8. The Kier molecular flexibility index (Phi) is 3.55. The fourth-order valence-electron chi connectivity index (χ4n) is 1.28. The number of thiazole rings is 1. The highest BCUT2D eigenvalue weighted by atomic mass is 32.1. The first-order valence-corrected chi connectivity index (χ1v) is 5.86. The van der Waals surface area contributed by atoms with Gasteiger partial charge in [0.25, 0.3) is 0 Å². The minimum absolute atomic E-state index is 0.402. The third-order valence-corrected chi connectivity index (χ3v) is 3.05. The lowest BCUT2D eigenvalue weighted by Crippen LogP contribution is -1.96. The number of anilines is 2.